The van der Waals surface area contributed by atoms with Crippen molar-refractivity contribution in [2.75, 3.05) is 12.3 Å². The van der Waals surface area contributed by atoms with Crippen LogP contribution in [0.1, 0.15) is 19.3 Å². The van der Waals surface area contributed by atoms with Crippen LogP contribution < -0.4 is 33.2 Å². The van der Waals surface area contributed by atoms with Gasteiger partial charge in [0.2, 0.25) is 29.5 Å². The van der Waals surface area contributed by atoms with E-state index in [-0.39, 0.29) is 18.6 Å². The molecule has 3 atom stereocenters. The highest BCUT2D eigenvalue weighted by molar-refractivity contribution is 7.80. The van der Waals surface area contributed by atoms with Gasteiger partial charge in [0.1, 0.15) is 12.1 Å². The zero-order valence-corrected chi connectivity index (χ0v) is 15.7. The Morgan fingerprint density at radius 3 is 2.00 bits per heavy atom. The number of aliphatic carboxylic acids is 1. The summed E-state index contributed by atoms with van der Waals surface area (Å²) in [7, 11) is 0. The lowest BCUT2D eigenvalue weighted by molar-refractivity contribution is -0.142. The molecule has 0 aliphatic rings. The topological polar surface area (TPSA) is 237 Å². The first-order valence-electron chi connectivity index (χ1n) is 8.01. The maximum atomic E-state index is 12.2. The molecular formula is C14H24N6O7S. The van der Waals surface area contributed by atoms with Gasteiger partial charge in [-0.15, -0.1) is 0 Å². The number of nitrogens with one attached hydrogen (secondary N) is 3. The Labute approximate surface area is 165 Å². The molecule has 0 heterocycles. The molecule has 0 spiro atoms. The number of thiol groups is 1. The van der Waals surface area contributed by atoms with Crippen LogP contribution in [0.15, 0.2) is 0 Å². The summed E-state index contributed by atoms with van der Waals surface area (Å²) in [5, 5.41) is 15.5. The maximum Gasteiger partial charge on any atom is 0.326 e. The third kappa shape index (κ3) is 10.3. The number of primary amides is 2. The number of nitrogens with two attached hydrogens (primary N) is 3. The Hall–Kier alpha value is -2.87. The van der Waals surface area contributed by atoms with Crippen LogP contribution in [0.3, 0.4) is 0 Å². The number of carbonyl (C=O) groups excluding carboxylic acids is 5. The fourth-order valence-corrected chi connectivity index (χ4v) is 2.02. The molecule has 0 aliphatic heterocycles. The minimum absolute atomic E-state index is 0.0437. The average molecular weight is 420 g/mol. The minimum Gasteiger partial charge on any atom is -0.480 e. The molecule has 3 unspecified atom stereocenters. The smallest absolute Gasteiger partial charge is 0.326 e. The summed E-state index contributed by atoms with van der Waals surface area (Å²) < 4.78 is 0. The number of carbonyl (C=O) groups is 6. The van der Waals surface area contributed by atoms with Crippen LogP contribution in [-0.2, 0) is 28.8 Å². The summed E-state index contributed by atoms with van der Waals surface area (Å²) in [6.45, 7) is -0.549. The number of carboxylic acid groups (broad SMARTS) is 1. The van der Waals surface area contributed by atoms with Crippen LogP contribution in [0, 0.1) is 0 Å². The van der Waals surface area contributed by atoms with Gasteiger partial charge in [-0.25, -0.2) is 4.79 Å². The van der Waals surface area contributed by atoms with Gasteiger partial charge in [-0.2, -0.15) is 12.6 Å². The molecule has 0 rings (SSSR count). The van der Waals surface area contributed by atoms with E-state index < -0.39 is 66.6 Å². The number of carboxylic acids is 1. The molecule has 0 aromatic carbocycles. The van der Waals surface area contributed by atoms with E-state index in [1.807, 2.05) is 0 Å². The number of amides is 5. The Morgan fingerprint density at radius 2 is 1.54 bits per heavy atom. The standard InChI is InChI=1S/C14H24N6O7S/c15-6(5-28)12(24)18-4-11(23)19-8(3-10(17)22)13(25)20-7(14(26)27)1-2-9(16)21/h6-8,28H,1-5,15H2,(H2,16,21)(H2,17,22)(H,18,24)(H,19,23)(H,20,25)(H,26,27). The molecular weight excluding hydrogens is 396 g/mol. The lowest BCUT2D eigenvalue weighted by Crippen LogP contribution is -2.54. The van der Waals surface area contributed by atoms with Gasteiger partial charge in [0.25, 0.3) is 0 Å². The van der Waals surface area contributed by atoms with Crippen molar-refractivity contribution in [2.24, 2.45) is 17.2 Å². The quantitative estimate of drug-likeness (QED) is 0.135. The zero-order chi connectivity index (χ0) is 21.9. The van der Waals surface area contributed by atoms with Gasteiger partial charge in [0, 0.05) is 12.2 Å². The second-order valence-corrected chi connectivity index (χ2v) is 6.07. The first-order valence-corrected chi connectivity index (χ1v) is 8.64. The van der Waals surface area contributed by atoms with Crippen molar-refractivity contribution in [3.63, 3.8) is 0 Å². The maximum absolute atomic E-state index is 12.2. The lowest BCUT2D eigenvalue weighted by atomic mass is 10.1. The summed E-state index contributed by atoms with van der Waals surface area (Å²) in [4.78, 5) is 68.7. The number of rotatable bonds is 13. The van der Waals surface area contributed by atoms with Crippen LogP contribution in [0.5, 0.6) is 0 Å². The van der Waals surface area contributed by atoms with Gasteiger partial charge in [-0.3, -0.25) is 24.0 Å². The SMILES string of the molecule is NC(=O)CCC(NC(=O)C(CC(N)=O)NC(=O)CNC(=O)C(N)CS)C(=O)O. The molecule has 0 aliphatic carbocycles. The van der Waals surface area contributed by atoms with Crippen LogP contribution in [0.25, 0.3) is 0 Å². The van der Waals surface area contributed by atoms with Crippen molar-refractivity contribution in [2.45, 2.75) is 37.4 Å². The summed E-state index contributed by atoms with van der Waals surface area (Å²) in [5.41, 5.74) is 15.4. The van der Waals surface area contributed by atoms with Crippen LogP contribution >= 0.6 is 12.6 Å². The summed E-state index contributed by atoms with van der Waals surface area (Å²) >= 11 is 3.83. The number of hydrogen-bond donors (Lipinski definition) is 8. The van der Waals surface area contributed by atoms with Gasteiger partial charge in [0.05, 0.1) is 19.0 Å². The summed E-state index contributed by atoms with van der Waals surface area (Å²) in [5.74, 6) is -5.61. The molecule has 0 saturated carbocycles. The monoisotopic (exact) mass is 420 g/mol. The largest absolute Gasteiger partial charge is 0.480 e. The highest BCUT2D eigenvalue weighted by Gasteiger charge is 2.28. The normalized spacial score (nSPS) is 13.5. The lowest BCUT2D eigenvalue weighted by Gasteiger charge is -2.20. The highest BCUT2D eigenvalue weighted by atomic mass is 32.1. The second-order valence-electron chi connectivity index (χ2n) is 5.70. The first-order chi connectivity index (χ1) is 13.0. The molecule has 0 aromatic heterocycles. The van der Waals surface area contributed by atoms with Gasteiger partial charge in [0.15, 0.2) is 0 Å². The Morgan fingerprint density at radius 1 is 0.929 bits per heavy atom. The van der Waals surface area contributed by atoms with E-state index in [1.54, 1.807) is 0 Å². The molecule has 13 nitrogen and oxygen atoms in total. The fourth-order valence-electron chi connectivity index (χ4n) is 1.85. The van der Waals surface area contributed by atoms with E-state index in [9.17, 15) is 28.8 Å². The molecule has 0 fully saturated rings. The molecule has 10 N–H and O–H groups in total. The van der Waals surface area contributed by atoms with Crippen molar-refractivity contribution in [3.05, 3.63) is 0 Å². The summed E-state index contributed by atoms with van der Waals surface area (Å²) in [6.07, 6.45) is -1.21. The Balaban J connectivity index is 4.94. The third-order valence-electron chi connectivity index (χ3n) is 3.31. The molecule has 158 valence electrons. The van der Waals surface area contributed by atoms with E-state index in [0.717, 1.165) is 0 Å². The minimum atomic E-state index is -1.49. The average Bonchev–Trinajstić information content (AvgIpc) is 2.60. The fraction of sp³-hybridized carbons (Fsp3) is 0.571. The van der Waals surface area contributed by atoms with Crippen molar-refractivity contribution in [3.8, 4) is 0 Å². The highest BCUT2D eigenvalue weighted by Crippen LogP contribution is 2.00. The first kappa shape index (κ1) is 25.1. The number of hydrogen-bond acceptors (Lipinski definition) is 8. The van der Waals surface area contributed by atoms with E-state index in [4.69, 9.17) is 22.3 Å². The van der Waals surface area contributed by atoms with Crippen molar-refractivity contribution in [1.82, 2.24) is 16.0 Å². The van der Waals surface area contributed by atoms with E-state index in [1.165, 1.54) is 0 Å². The molecule has 28 heavy (non-hydrogen) atoms. The summed E-state index contributed by atoms with van der Waals surface area (Å²) in [6, 6.07) is -3.90. The van der Waals surface area contributed by atoms with Crippen LogP contribution in [-0.4, -0.2) is 71.0 Å². The Bertz CT molecular complexity index is 629. The van der Waals surface area contributed by atoms with Gasteiger partial charge >= 0.3 is 5.97 Å². The van der Waals surface area contributed by atoms with Crippen molar-refractivity contribution < 1.29 is 33.9 Å². The molecule has 5 amide bonds. The van der Waals surface area contributed by atoms with Crippen molar-refractivity contribution >= 4 is 48.1 Å². The molecule has 14 heteroatoms. The van der Waals surface area contributed by atoms with E-state index in [0.29, 0.717) is 0 Å². The second kappa shape index (κ2) is 12.5. The van der Waals surface area contributed by atoms with Crippen LogP contribution in [0.4, 0.5) is 0 Å². The van der Waals surface area contributed by atoms with E-state index >= 15 is 0 Å². The van der Waals surface area contributed by atoms with E-state index in [2.05, 4.69) is 28.6 Å². The Kier molecular flexibility index (Phi) is 11.2. The van der Waals surface area contributed by atoms with Crippen LogP contribution in [0.2, 0.25) is 0 Å². The van der Waals surface area contributed by atoms with Gasteiger partial charge in [-0.1, -0.05) is 0 Å². The third-order valence-corrected chi connectivity index (χ3v) is 3.70. The molecule has 0 saturated heterocycles. The predicted molar refractivity (Wildman–Crippen MR) is 98.6 cm³/mol. The molecule has 0 bridgehead atoms. The van der Waals surface area contributed by atoms with Gasteiger partial charge in [-0.05, 0) is 6.42 Å². The van der Waals surface area contributed by atoms with Crippen molar-refractivity contribution in [1.29, 1.82) is 0 Å². The molecule has 0 radical (unpaired) electrons. The predicted octanol–water partition coefficient (Wildman–Crippen LogP) is -4.45. The zero-order valence-electron chi connectivity index (χ0n) is 14.8. The molecule has 0 aromatic rings. The van der Waals surface area contributed by atoms with Gasteiger partial charge < -0.3 is 38.3 Å².